The lowest BCUT2D eigenvalue weighted by atomic mass is 9.92. The molecule has 0 aliphatic heterocycles. The molecule has 0 aliphatic carbocycles. The number of rotatable bonds is 6. The lowest BCUT2D eigenvalue weighted by molar-refractivity contribution is -0.126. The maximum absolute atomic E-state index is 12.0. The molecule has 1 aromatic heterocycles. The second-order valence-electron chi connectivity index (χ2n) is 5.30. The zero-order valence-electron chi connectivity index (χ0n) is 12.7. The van der Waals surface area contributed by atoms with Crippen LogP contribution in [0.25, 0.3) is 0 Å². The van der Waals surface area contributed by atoms with Crippen LogP contribution >= 0.6 is 0 Å². The van der Waals surface area contributed by atoms with Crippen LogP contribution in [0.15, 0.2) is 48.7 Å². The summed E-state index contributed by atoms with van der Waals surface area (Å²) in [5.41, 5.74) is 0.397. The quantitative estimate of drug-likeness (QED) is 0.856. The number of pyridine rings is 1. The van der Waals surface area contributed by atoms with Crippen molar-refractivity contribution in [1.29, 1.82) is 0 Å². The Bertz CT molecular complexity index is 610. The summed E-state index contributed by atoms with van der Waals surface area (Å²) in [6, 6.07) is 12.7. The molecule has 0 fully saturated rings. The smallest absolute Gasteiger partial charge is 0.223 e. The van der Waals surface area contributed by atoms with Gasteiger partial charge in [-0.05, 0) is 18.1 Å². The fourth-order valence-electron chi connectivity index (χ4n) is 2.11. The van der Waals surface area contributed by atoms with E-state index >= 15 is 0 Å². The van der Waals surface area contributed by atoms with Crippen molar-refractivity contribution in [1.82, 2.24) is 10.3 Å². The van der Waals surface area contributed by atoms with Gasteiger partial charge in [-0.25, -0.2) is 4.98 Å². The van der Waals surface area contributed by atoms with Crippen LogP contribution in [0.4, 0.5) is 0 Å². The Balaban J connectivity index is 1.89. The van der Waals surface area contributed by atoms with Crippen molar-refractivity contribution < 1.29 is 14.6 Å². The normalized spacial score (nSPS) is 13.2. The molecule has 1 unspecified atom stereocenters. The highest BCUT2D eigenvalue weighted by atomic mass is 16.5. The van der Waals surface area contributed by atoms with E-state index in [4.69, 9.17) is 4.74 Å². The minimum atomic E-state index is -1.19. The third-order valence-electron chi connectivity index (χ3n) is 3.40. The van der Waals surface area contributed by atoms with Crippen molar-refractivity contribution in [2.24, 2.45) is 0 Å². The van der Waals surface area contributed by atoms with Crippen LogP contribution in [0.3, 0.4) is 0 Å². The van der Waals surface area contributed by atoms with Gasteiger partial charge in [0.15, 0.2) is 0 Å². The van der Waals surface area contributed by atoms with Gasteiger partial charge >= 0.3 is 0 Å². The molecule has 22 heavy (non-hydrogen) atoms. The number of benzene rings is 1. The molecule has 2 N–H and O–H groups in total. The van der Waals surface area contributed by atoms with Gasteiger partial charge in [-0.3, -0.25) is 4.79 Å². The van der Waals surface area contributed by atoms with Crippen molar-refractivity contribution >= 4 is 5.91 Å². The maximum atomic E-state index is 12.0. The van der Waals surface area contributed by atoms with Gasteiger partial charge in [0.25, 0.3) is 0 Å². The number of aromatic nitrogens is 1. The summed E-state index contributed by atoms with van der Waals surface area (Å²) in [6.45, 7) is 2.00. The zero-order chi connectivity index (χ0) is 16.0. The average molecular weight is 300 g/mol. The lowest BCUT2D eigenvalue weighted by Gasteiger charge is -2.23. The molecule has 1 amide bonds. The first-order chi connectivity index (χ1) is 10.5. The summed E-state index contributed by atoms with van der Waals surface area (Å²) in [5.74, 6) is 0.312. The number of nitrogens with zero attached hydrogens (tertiary/aromatic N) is 1. The molecule has 5 heteroatoms. The summed E-state index contributed by atoms with van der Waals surface area (Å²) in [6.07, 6.45) is 1.65. The second-order valence-corrected chi connectivity index (χ2v) is 5.30. The van der Waals surface area contributed by atoms with Crippen LogP contribution in [0.5, 0.6) is 5.88 Å². The third kappa shape index (κ3) is 4.30. The summed E-state index contributed by atoms with van der Waals surface area (Å²) >= 11 is 0. The molecular formula is C17H20N2O3. The minimum Gasteiger partial charge on any atom is -0.481 e. The van der Waals surface area contributed by atoms with Crippen LogP contribution in [0.1, 0.15) is 24.5 Å². The number of methoxy groups -OCH3 is 1. The highest BCUT2D eigenvalue weighted by Gasteiger charge is 2.26. The first-order valence-corrected chi connectivity index (χ1v) is 7.05. The van der Waals surface area contributed by atoms with E-state index in [1.165, 1.54) is 0 Å². The fourth-order valence-corrected chi connectivity index (χ4v) is 2.11. The molecule has 116 valence electrons. The van der Waals surface area contributed by atoms with Gasteiger partial charge in [-0.15, -0.1) is 0 Å². The minimum absolute atomic E-state index is 0.000592. The molecule has 1 atom stereocenters. The topological polar surface area (TPSA) is 71.5 Å². The van der Waals surface area contributed by atoms with E-state index < -0.39 is 5.60 Å². The van der Waals surface area contributed by atoms with Gasteiger partial charge in [0, 0.05) is 18.8 Å². The first kappa shape index (κ1) is 16.0. The van der Waals surface area contributed by atoms with Crippen LogP contribution in [-0.4, -0.2) is 23.1 Å². The Morgan fingerprint density at radius 2 is 2.00 bits per heavy atom. The Kier molecular flexibility index (Phi) is 5.12. The standard InChI is InChI=1S/C17H20N2O3/c1-17(21,14-6-4-3-5-7-14)10-15(20)18-11-13-8-9-16(22-2)19-12-13/h3-9,12,21H,10-11H2,1-2H3,(H,18,20). The van der Waals surface area contributed by atoms with Crippen molar-refractivity contribution in [3.8, 4) is 5.88 Å². The fraction of sp³-hybridized carbons (Fsp3) is 0.294. The van der Waals surface area contributed by atoms with E-state index in [9.17, 15) is 9.90 Å². The number of amides is 1. The van der Waals surface area contributed by atoms with Gasteiger partial charge < -0.3 is 15.2 Å². The number of carbonyl (C=O) groups is 1. The number of aliphatic hydroxyl groups is 1. The average Bonchev–Trinajstić information content (AvgIpc) is 2.54. The number of nitrogens with one attached hydrogen (secondary N) is 1. The van der Waals surface area contributed by atoms with Gasteiger partial charge in [-0.1, -0.05) is 36.4 Å². The van der Waals surface area contributed by atoms with Crippen molar-refractivity contribution in [2.75, 3.05) is 7.11 Å². The highest BCUT2D eigenvalue weighted by Crippen LogP contribution is 2.23. The molecule has 0 radical (unpaired) electrons. The summed E-state index contributed by atoms with van der Waals surface area (Å²) in [4.78, 5) is 16.1. The van der Waals surface area contributed by atoms with Crippen LogP contribution in [0, 0.1) is 0 Å². The van der Waals surface area contributed by atoms with Crippen LogP contribution < -0.4 is 10.1 Å². The molecule has 2 aromatic rings. The first-order valence-electron chi connectivity index (χ1n) is 7.05. The summed E-state index contributed by atoms with van der Waals surface area (Å²) in [7, 11) is 1.55. The number of hydrogen-bond acceptors (Lipinski definition) is 4. The Morgan fingerprint density at radius 3 is 2.59 bits per heavy atom. The predicted octanol–water partition coefficient (Wildman–Crippen LogP) is 2.00. The zero-order valence-corrected chi connectivity index (χ0v) is 12.7. The Labute approximate surface area is 130 Å². The van der Waals surface area contributed by atoms with E-state index in [0.717, 1.165) is 11.1 Å². The Morgan fingerprint density at radius 1 is 1.27 bits per heavy atom. The molecule has 0 bridgehead atoms. The molecule has 5 nitrogen and oxygen atoms in total. The molecule has 0 saturated carbocycles. The number of hydrogen-bond donors (Lipinski definition) is 2. The number of ether oxygens (including phenoxy) is 1. The van der Waals surface area contributed by atoms with E-state index in [-0.39, 0.29) is 12.3 Å². The second kappa shape index (κ2) is 7.04. The van der Waals surface area contributed by atoms with Gasteiger partial charge in [0.05, 0.1) is 19.1 Å². The van der Waals surface area contributed by atoms with Crippen molar-refractivity contribution in [2.45, 2.75) is 25.5 Å². The molecule has 2 rings (SSSR count). The van der Waals surface area contributed by atoms with Gasteiger partial charge in [0.1, 0.15) is 0 Å². The molecule has 1 heterocycles. The molecular weight excluding hydrogens is 280 g/mol. The maximum Gasteiger partial charge on any atom is 0.223 e. The van der Waals surface area contributed by atoms with Crippen LogP contribution in [-0.2, 0) is 16.9 Å². The molecule has 0 spiro atoms. The van der Waals surface area contributed by atoms with Crippen LogP contribution in [0.2, 0.25) is 0 Å². The third-order valence-corrected chi connectivity index (χ3v) is 3.40. The number of carbonyl (C=O) groups excluding carboxylic acids is 1. The van der Waals surface area contributed by atoms with E-state index in [2.05, 4.69) is 10.3 Å². The SMILES string of the molecule is COc1ccc(CNC(=O)CC(C)(O)c2ccccc2)cn1. The van der Waals surface area contributed by atoms with Crippen molar-refractivity contribution in [3.05, 3.63) is 59.8 Å². The molecule has 0 aliphatic rings. The van der Waals surface area contributed by atoms with E-state index in [0.29, 0.717) is 12.4 Å². The van der Waals surface area contributed by atoms with Gasteiger partial charge in [-0.2, -0.15) is 0 Å². The Hall–Kier alpha value is -2.40. The van der Waals surface area contributed by atoms with E-state index in [1.54, 1.807) is 38.4 Å². The monoisotopic (exact) mass is 300 g/mol. The van der Waals surface area contributed by atoms with Gasteiger partial charge in [0.2, 0.25) is 11.8 Å². The molecule has 1 aromatic carbocycles. The highest BCUT2D eigenvalue weighted by molar-refractivity contribution is 5.77. The largest absolute Gasteiger partial charge is 0.481 e. The molecule has 0 saturated heterocycles. The summed E-state index contributed by atoms with van der Waals surface area (Å²) < 4.78 is 4.98. The lowest BCUT2D eigenvalue weighted by Crippen LogP contribution is -2.32. The predicted molar refractivity (Wildman–Crippen MR) is 83.3 cm³/mol. The summed E-state index contributed by atoms with van der Waals surface area (Å²) in [5, 5.41) is 13.2. The van der Waals surface area contributed by atoms with E-state index in [1.807, 2.05) is 24.3 Å². The van der Waals surface area contributed by atoms with Crippen molar-refractivity contribution in [3.63, 3.8) is 0 Å².